The molecule has 4 N–H and O–H groups in total. The highest BCUT2D eigenvalue weighted by atomic mass is 35.5. The van der Waals surface area contributed by atoms with Crippen molar-refractivity contribution in [3.05, 3.63) is 90.4 Å². The number of hydrogen-bond acceptors (Lipinski definition) is 8. The molecule has 0 aliphatic carbocycles. The molecular weight excluding hydrogens is 551 g/mol. The molecule has 2 aromatic carbocycles. The lowest BCUT2D eigenvalue weighted by Gasteiger charge is -2.15. The molecule has 0 aliphatic rings. The number of hydrogen-bond donors (Lipinski definition) is 3. The van der Waals surface area contributed by atoms with Gasteiger partial charge in [-0.15, -0.1) is 0 Å². The highest BCUT2D eigenvalue weighted by Crippen LogP contribution is 2.33. The van der Waals surface area contributed by atoms with E-state index in [4.69, 9.17) is 22.1 Å². The molecule has 5 rings (SSSR count). The van der Waals surface area contributed by atoms with Gasteiger partial charge in [0.25, 0.3) is 0 Å². The normalized spacial score (nSPS) is 11.2. The van der Waals surface area contributed by atoms with E-state index in [0.29, 0.717) is 22.2 Å². The highest BCUT2D eigenvalue weighted by molar-refractivity contribution is 6.30. The van der Waals surface area contributed by atoms with Gasteiger partial charge in [-0.2, -0.15) is 18.3 Å². The number of nitrogens with zero attached hydrogens (tertiary/aromatic N) is 6. The number of anilines is 3. The zero-order valence-corrected chi connectivity index (χ0v) is 20.9. The van der Waals surface area contributed by atoms with Gasteiger partial charge in [0.2, 0.25) is 0 Å². The van der Waals surface area contributed by atoms with Crippen molar-refractivity contribution < 1.29 is 22.7 Å². The first-order valence-corrected chi connectivity index (χ1v) is 11.7. The van der Waals surface area contributed by atoms with Gasteiger partial charge in [0, 0.05) is 11.8 Å². The van der Waals surface area contributed by atoms with Crippen molar-refractivity contribution >= 4 is 34.8 Å². The molecule has 0 unspecified atom stereocenters. The van der Waals surface area contributed by atoms with E-state index in [1.807, 2.05) is 0 Å². The Morgan fingerprint density at radius 2 is 1.73 bits per heavy atom. The Bertz CT molecular complexity index is 1650. The van der Waals surface area contributed by atoms with Crippen LogP contribution in [0.15, 0.2) is 79.8 Å². The Labute approximate surface area is 228 Å². The van der Waals surface area contributed by atoms with Crippen LogP contribution in [0.4, 0.5) is 35.2 Å². The van der Waals surface area contributed by atoms with E-state index in [0.717, 1.165) is 17.7 Å². The number of rotatable bonds is 6. The monoisotopic (exact) mass is 567 g/mol. The van der Waals surface area contributed by atoms with Gasteiger partial charge >= 0.3 is 18.2 Å². The summed E-state index contributed by atoms with van der Waals surface area (Å²) >= 11 is 6.00. The Morgan fingerprint density at radius 3 is 2.40 bits per heavy atom. The first-order chi connectivity index (χ1) is 19.2. The summed E-state index contributed by atoms with van der Waals surface area (Å²) in [6, 6.07) is 10.6. The predicted octanol–water partition coefficient (Wildman–Crippen LogP) is 5.81. The number of ether oxygens (including phenoxy) is 1. The molecule has 0 aliphatic heterocycles. The van der Waals surface area contributed by atoms with E-state index in [1.165, 1.54) is 42.0 Å². The minimum atomic E-state index is -4.61. The lowest BCUT2D eigenvalue weighted by molar-refractivity contribution is -0.137. The lowest BCUT2D eigenvalue weighted by atomic mass is 10.1. The van der Waals surface area contributed by atoms with Crippen molar-refractivity contribution in [1.82, 2.24) is 29.7 Å². The summed E-state index contributed by atoms with van der Waals surface area (Å²) < 4.78 is 46.6. The second-order valence-corrected chi connectivity index (χ2v) is 8.55. The van der Waals surface area contributed by atoms with Crippen LogP contribution in [0.25, 0.3) is 16.8 Å². The number of benzene rings is 2. The number of carbonyl (C=O) groups is 1. The number of amides is 2. The number of nitrogens with two attached hydrogens (primary N) is 1. The first-order valence-electron chi connectivity index (χ1n) is 11.3. The molecule has 0 spiro atoms. The maximum atomic E-state index is 13.2. The Balaban J connectivity index is 1.25. The average molecular weight is 568 g/mol. The van der Waals surface area contributed by atoms with Gasteiger partial charge in [-0.3, -0.25) is 0 Å². The number of halogens is 4. The van der Waals surface area contributed by atoms with Crippen LogP contribution in [0.2, 0.25) is 5.02 Å². The zero-order chi connectivity index (χ0) is 28.3. The number of nitrogen functional groups attached to an aromatic ring is 1. The van der Waals surface area contributed by atoms with Gasteiger partial charge in [-0.1, -0.05) is 23.7 Å². The standard InChI is InChI=1S/C25H17ClF3N9O2/c26-16-8-19(22(30)32-9-16)14-1-4-18(5-2-14)40-24-33-10-17(11-34-24)36-23(39)37-20-7-15(25(27,28)29)3-6-21(20)38-13-31-12-35-38/h1-13H,(H2,30,32)(H2,36,37,39). The van der Waals surface area contributed by atoms with Crippen molar-refractivity contribution in [3.8, 4) is 28.6 Å². The van der Waals surface area contributed by atoms with Gasteiger partial charge < -0.3 is 21.1 Å². The van der Waals surface area contributed by atoms with Crippen molar-refractivity contribution in [3.63, 3.8) is 0 Å². The molecule has 0 radical (unpaired) electrons. The topological polar surface area (TPSA) is 146 Å². The highest BCUT2D eigenvalue weighted by Gasteiger charge is 2.31. The van der Waals surface area contributed by atoms with Crippen LogP contribution in [-0.2, 0) is 6.18 Å². The molecule has 15 heteroatoms. The SMILES string of the molecule is Nc1ncc(Cl)cc1-c1ccc(Oc2ncc(NC(=O)Nc3cc(C(F)(F)F)ccc3-n3cncn3)cn2)cc1. The largest absolute Gasteiger partial charge is 0.424 e. The number of alkyl halides is 3. The summed E-state index contributed by atoms with van der Waals surface area (Å²) in [5, 5.41) is 9.21. The Hall–Kier alpha value is -5.24. The van der Waals surface area contributed by atoms with Gasteiger partial charge in [0.1, 0.15) is 24.2 Å². The molecule has 40 heavy (non-hydrogen) atoms. The fourth-order valence-electron chi connectivity index (χ4n) is 3.55. The third-order valence-electron chi connectivity index (χ3n) is 5.38. The Morgan fingerprint density at radius 1 is 0.975 bits per heavy atom. The summed E-state index contributed by atoms with van der Waals surface area (Å²) in [6.07, 6.45) is 1.90. The van der Waals surface area contributed by atoms with Crippen LogP contribution >= 0.6 is 11.6 Å². The summed E-state index contributed by atoms with van der Waals surface area (Å²) in [7, 11) is 0. The molecule has 3 aromatic heterocycles. The molecule has 2 amide bonds. The smallest absolute Gasteiger partial charge is 0.416 e. The van der Waals surface area contributed by atoms with Crippen molar-refractivity contribution in [2.75, 3.05) is 16.4 Å². The maximum Gasteiger partial charge on any atom is 0.416 e. The summed E-state index contributed by atoms with van der Waals surface area (Å²) in [5.41, 5.74) is 6.63. The molecule has 3 heterocycles. The maximum absolute atomic E-state index is 13.2. The number of pyridine rings is 1. The molecule has 202 valence electrons. The van der Waals surface area contributed by atoms with Crippen LogP contribution < -0.4 is 21.1 Å². The fraction of sp³-hybridized carbons (Fsp3) is 0.0400. The third kappa shape index (κ3) is 6.07. The molecule has 0 saturated carbocycles. The van der Waals surface area contributed by atoms with E-state index in [1.54, 1.807) is 30.3 Å². The number of urea groups is 1. The number of aromatic nitrogens is 6. The van der Waals surface area contributed by atoms with E-state index < -0.39 is 17.8 Å². The lowest BCUT2D eigenvalue weighted by Crippen LogP contribution is -2.21. The second kappa shape index (κ2) is 10.9. The molecule has 0 saturated heterocycles. The quantitative estimate of drug-likeness (QED) is 0.233. The minimum Gasteiger partial charge on any atom is -0.424 e. The summed E-state index contributed by atoms with van der Waals surface area (Å²) in [6.45, 7) is 0. The van der Waals surface area contributed by atoms with Crippen LogP contribution in [0.1, 0.15) is 5.56 Å². The van der Waals surface area contributed by atoms with Crippen LogP contribution in [0, 0.1) is 0 Å². The third-order valence-corrected chi connectivity index (χ3v) is 5.59. The zero-order valence-electron chi connectivity index (χ0n) is 20.1. The fourth-order valence-corrected chi connectivity index (χ4v) is 3.71. The molecule has 11 nitrogen and oxygen atoms in total. The number of nitrogens with one attached hydrogen (secondary N) is 2. The van der Waals surface area contributed by atoms with Crippen molar-refractivity contribution in [2.45, 2.75) is 6.18 Å². The predicted molar refractivity (Wildman–Crippen MR) is 140 cm³/mol. The molecule has 0 fully saturated rings. The van der Waals surface area contributed by atoms with E-state index in [-0.39, 0.29) is 23.1 Å². The van der Waals surface area contributed by atoms with E-state index >= 15 is 0 Å². The Kier molecular flexibility index (Phi) is 7.16. The van der Waals surface area contributed by atoms with Crippen molar-refractivity contribution in [1.29, 1.82) is 0 Å². The van der Waals surface area contributed by atoms with Gasteiger partial charge in [-0.05, 0) is 42.0 Å². The van der Waals surface area contributed by atoms with Crippen LogP contribution in [-0.4, -0.2) is 35.7 Å². The summed E-state index contributed by atoms with van der Waals surface area (Å²) in [5.74, 6) is 0.761. The molecule has 0 bridgehead atoms. The second-order valence-electron chi connectivity index (χ2n) is 8.12. The van der Waals surface area contributed by atoms with Gasteiger partial charge in [0.15, 0.2) is 0 Å². The van der Waals surface area contributed by atoms with E-state index in [2.05, 4.69) is 35.7 Å². The summed E-state index contributed by atoms with van der Waals surface area (Å²) in [4.78, 5) is 28.5. The van der Waals surface area contributed by atoms with Gasteiger partial charge in [0.05, 0.1) is 40.0 Å². The minimum absolute atomic E-state index is 0.00556. The number of carbonyl (C=O) groups excluding carboxylic acids is 1. The average Bonchev–Trinajstić information content (AvgIpc) is 3.46. The molecule has 0 atom stereocenters. The van der Waals surface area contributed by atoms with Crippen LogP contribution in [0.3, 0.4) is 0 Å². The molecular formula is C25H17ClF3N9O2. The van der Waals surface area contributed by atoms with Crippen LogP contribution in [0.5, 0.6) is 11.8 Å². The van der Waals surface area contributed by atoms with Crippen molar-refractivity contribution in [2.24, 2.45) is 0 Å². The molecule has 5 aromatic rings. The first kappa shape index (κ1) is 26.4. The van der Waals surface area contributed by atoms with E-state index in [9.17, 15) is 18.0 Å². The van der Waals surface area contributed by atoms with Gasteiger partial charge in [-0.25, -0.2) is 29.4 Å².